The van der Waals surface area contributed by atoms with Gasteiger partial charge in [-0.2, -0.15) is 0 Å². The Kier molecular flexibility index (Phi) is 6.41. The maximum Gasteiger partial charge on any atom is 0.224 e. The number of halogens is 1. The number of ether oxygens (including phenoxy) is 1. The van der Waals surface area contributed by atoms with Gasteiger partial charge in [-0.25, -0.2) is 0 Å². The number of amides is 1. The summed E-state index contributed by atoms with van der Waals surface area (Å²) in [6, 6.07) is 15.1. The van der Waals surface area contributed by atoms with Gasteiger partial charge in [0.1, 0.15) is 0 Å². The van der Waals surface area contributed by atoms with Crippen LogP contribution in [0, 0.1) is 0 Å². The van der Waals surface area contributed by atoms with Gasteiger partial charge in [0.2, 0.25) is 5.91 Å². The lowest BCUT2D eigenvalue weighted by atomic mass is 10.1. The lowest BCUT2D eigenvalue weighted by molar-refractivity contribution is -0.120. The molecular weight excluding hydrogens is 396 g/mol. The monoisotopic (exact) mass is 416 g/mol. The predicted octanol–water partition coefficient (Wildman–Crippen LogP) is 2.83. The molecule has 1 saturated heterocycles. The second kappa shape index (κ2) is 8.96. The average molecular weight is 417 g/mol. The number of rotatable bonds is 6. The van der Waals surface area contributed by atoms with Gasteiger partial charge in [0.05, 0.1) is 26.2 Å². The van der Waals surface area contributed by atoms with Crippen molar-refractivity contribution in [3.05, 3.63) is 64.1 Å². The van der Waals surface area contributed by atoms with Crippen molar-refractivity contribution in [1.82, 2.24) is 5.32 Å². The standard InChI is InChI=1S/C20H21BrN2O3/c21-17-3-1-2-15(12-17)13-20(25)22-14-19(24)16-4-6-18(7-5-16)23-8-10-26-11-9-23/h1-7,12H,8-11,13-14H2,(H,22,25). The third-order valence-corrected chi connectivity index (χ3v) is 4.76. The van der Waals surface area contributed by atoms with Crippen LogP contribution < -0.4 is 10.2 Å². The highest BCUT2D eigenvalue weighted by Gasteiger charge is 2.13. The molecule has 1 aliphatic heterocycles. The number of benzene rings is 2. The lowest BCUT2D eigenvalue weighted by Crippen LogP contribution is -2.36. The molecule has 0 aromatic heterocycles. The molecule has 26 heavy (non-hydrogen) atoms. The molecule has 1 aliphatic rings. The average Bonchev–Trinajstić information content (AvgIpc) is 2.67. The first-order chi connectivity index (χ1) is 12.6. The van der Waals surface area contributed by atoms with Crippen LogP contribution in [0.1, 0.15) is 15.9 Å². The molecule has 136 valence electrons. The summed E-state index contributed by atoms with van der Waals surface area (Å²) < 4.78 is 6.28. The number of carbonyl (C=O) groups excluding carboxylic acids is 2. The fourth-order valence-corrected chi connectivity index (χ4v) is 3.30. The molecule has 1 fully saturated rings. The molecule has 2 aromatic carbocycles. The van der Waals surface area contributed by atoms with E-state index in [4.69, 9.17) is 4.74 Å². The van der Waals surface area contributed by atoms with Crippen molar-refractivity contribution in [2.75, 3.05) is 37.7 Å². The lowest BCUT2D eigenvalue weighted by Gasteiger charge is -2.28. The van der Waals surface area contributed by atoms with E-state index >= 15 is 0 Å². The summed E-state index contributed by atoms with van der Waals surface area (Å²) in [6.45, 7) is 3.18. The van der Waals surface area contributed by atoms with E-state index in [1.165, 1.54) is 0 Å². The van der Waals surface area contributed by atoms with Gasteiger partial charge < -0.3 is 15.0 Å². The van der Waals surface area contributed by atoms with E-state index in [0.717, 1.165) is 42.0 Å². The molecule has 1 heterocycles. The van der Waals surface area contributed by atoms with Crippen LogP contribution in [-0.2, 0) is 16.0 Å². The van der Waals surface area contributed by atoms with Gasteiger partial charge >= 0.3 is 0 Å². The molecule has 0 radical (unpaired) electrons. The van der Waals surface area contributed by atoms with Gasteiger partial charge in [-0.15, -0.1) is 0 Å². The maximum atomic E-state index is 12.3. The molecule has 0 aliphatic carbocycles. The summed E-state index contributed by atoms with van der Waals surface area (Å²) in [5.74, 6) is -0.262. The number of carbonyl (C=O) groups is 2. The van der Waals surface area contributed by atoms with E-state index in [0.29, 0.717) is 5.56 Å². The number of hydrogen-bond donors (Lipinski definition) is 1. The summed E-state index contributed by atoms with van der Waals surface area (Å²) in [4.78, 5) is 26.5. The van der Waals surface area contributed by atoms with Crippen molar-refractivity contribution < 1.29 is 14.3 Å². The first kappa shape index (κ1) is 18.6. The second-order valence-corrected chi connectivity index (χ2v) is 7.07. The molecule has 0 bridgehead atoms. The maximum absolute atomic E-state index is 12.3. The van der Waals surface area contributed by atoms with Crippen LogP contribution in [-0.4, -0.2) is 44.5 Å². The molecule has 0 atom stereocenters. The Morgan fingerprint density at radius 3 is 2.50 bits per heavy atom. The Labute approximate surface area is 161 Å². The molecule has 0 spiro atoms. The van der Waals surface area contributed by atoms with Crippen LogP contribution >= 0.6 is 15.9 Å². The quantitative estimate of drug-likeness (QED) is 0.735. The van der Waals surface area contributed by atoms with Crippen molar-refractivity contribution in [2.24, 2.45) is 0 Å². The van der Waals surface area contributed by atoms with Crippen molar-refractivity contribution in [3.8, 4) is 0 Å². The van der Waals surface area contributed by atoms with Crippen LogP contribution in [0.3, 0.4) is 0 Å². The van der Waals surface area contributed by atoms with Gasteiger partial charge in [0, 0.05) is 28.8 Å². The summed E-state index contributed by atoms with van der Waals surface area (Å²) in [7, 11) is 0. The summed E-state index contributed by atoms with van der Waals surface area (Å²) >= 11 is 3.38. The van der Waals surface area contributed by atoms with E-state index in [1.54, 1.807) is 0 Å². The zero-order valence-electron chi connectivity index (χ0n) is 14.4. The van der Waals surface area contributed by atoms with E-state index in [-0.39, 0.29) is 24.7 Å². The molecule has 0 unspecified atom stereocenters. The SMILES string of the molecule is O=C(Cc1cccc(Br)c1)NCC(=O)c1ccc(N2CCOCC2)cc1. The highest BCUT2D eigenvalue weighted by Crippen LogP contribution is 2.17. The number of anilines is 1. The van der Waals surface area contributed by atoms with Gasteiger partial charge in [0.15, 0.2) is 5.78 Å². The van der Waals surface area contributed by atoms with Crippen LogP contribution in [0.5, 0.6) is 0 Å². The smallest absolute Gasteiger partial charge is 0.224 e. The Bertz CT molecular complexity index is 771. The molecule has 3 rings (SSSR count). The minimum Gasteiger partial charge on any atom is -0.378 e. The second-order valence-electron chi connectivity index (χ2n) is 6.15. The van der Waals surface area contributed by atoms with E-state index in [9.17, 15) is 9.59 Å². The fraction of sp³-hybridized carbons (Fsp3) is 0.300. The van der Waals surface area contributed by atoms with E-state index in [2.05, 4.69) is 26.1 Å². The first-order valence-corrected chi connectivity index (χ1v) is 9.38. The molecular formula is C20H21BrN2O3. The normalized spacial score (nSPS) is 14.1. The minimum absolute atomic E-state index is 0.00371. The molecule has 6 heteroatoms. The highest BCUT2D eigenvalue weighted by atomic mass is 79.9. The summed E-state index contributed by atoms with van der Waals surface area (Å²) in [5.41, 5.74) is 2.59. The number of Topliss-reactive ketones (excluding diaryl/α,β-unsaturated/α-hetero) is 1. The van der Waals surface area contributed by atoms with Gasteiger partial charge in [0.25, 0.3) is 0 Å². The number of nitrogens with zero attached hydrogens (tertiary/aromatic N) is 1. The fourth-order valence-electron chi connectivity index (χ4n) is 2.86. The molecule has 2 aromatic rings. The van der Waals surface area contributed by atoms with Crippen LogP contribution in [0.15, 0.2) is 53.0 Å². The van der Waals surface area contributed by atoms with E-state index < -0.39 is 0 Å². The van der Waals surface area contributed by atoms with Crippen LogP contribution in [0.25, 0.3) is 0 Å². The van der Waals surface area contributed by atoms with Gasteiger partial charge in [-0.3, -0.25) is 9.59 Å². The zero-order valence-corrected chi connectivity index (χ0v) is 16.0. The van der Waals surface area contributed by atoms with Crippen molar-refractivity contribution in [3.63, 3.8) is 0 Å². The van der Waals surface area contributed by atoms with Crippen LogP contribution in [0.4, 0.5) is 5.69 Å². The minimum atomic E-state index is -0.165. The summed E-state index contributed by atoms with van der Waals surface area (Å²) in [5, 5.41) is 2.70. The Hall–Kier alpha value is -2.18. The number of nitrogens with one attached hydrogen (secondary N) is 1. The molecule has 0 saturated carbocycles. The predicted molar refractivity (Wildman–Crippen MR) is 105 cm³/mol. The Balaban J connectivity index is 1.50. The van der Waals surface area contributed by atoms with E-state index in [1.807, 2.05) is 48.5 Å². The van der Waals surface area contributed by atoms with Gasteiger partial charge in [-0.05, 0) is 42.0 Å². The zero-order chi connectivity index (χ0) is 18.4. The summed E-state index contributed by atoms with van der Waals surface area (Å²) in [6.07, 6.45) is 0.253. The number of ketones is 1. The largest absolute Gasteiger partial charge is 0.378 e. The first-order valence-electron chi connectivity index (χ1n) is 8.59. The third-order valence-electron chi connectivity index (χ3n) is 4.27. The Morgan fingerprint density at radius 2 is 1.81 bits per heavy atom. The van der Waals surface area contributed by atoms with Crippen molar-refractivity contribution in [1.29, 1.82) is 0 Å². The van der Waals surface area contributed by atoms with Crippen LogP contribution in [0.2, 0.25) is 0 Å². The Morgan fingerprint density at radius 1 is 1.08 bits per heavy atom. The number of hydrogen-bond acceptors (Lipinski definition) is 4. The molecule has 1 amide bonds. The highest BCUT2D eigenvalue weighted by molar-refractivity contribution is 9.10. The molecule has 1 N–H and O–H groups in total. The van der Waals surface area contributed by atoms with Crippen molar-refractivity contribution >= 4 is 33.3 Å². The number of morpholine rings is 1. The van der Waals surface area contributed by atoms with Crippen molar-refractivity contribution in [2.45, 2.75) is 6.42 Å². The topological polar surface area (TPSA) is 58.6 Å². The molecule has 5 nitrogen and oxygen atoms in total. The van der Waals surface area contributed by atoms with Gasteiger partial charge in [-0.1, -0.05) is 28.1 Å². The third kappa shape index (κ3) is 5.16.